The fourth-order valence-electron chi connectivity index (χ4n) is 3.11. The minimum atomic E-state index is -0.461. The number of nitrogens with one attached hydrogen (secondary N) is 2. The van der Waals surface area contributed by atoms with Crippen molar-refractivity contribution in [2.75, 3.05) is 5.32 Å². The summed E-state index contributed by atoms with van der Waals surface area (Å²) in [5.74, 6) is -0.870. The molecule has 1 aliphatic heterocycles. The van der Waals surface area contributed by atoms with Gasteiger partial charge in [0.2, 0.25) is 0 Å². The smallest absolute Gasteiger partial charge is 0.263 e. The molecule has 0 saturated heterocycles. The maximum Gasteiger partial charge on any atom is 0.263 e. The molecule has 2 amide bonds. The molecule has 0 radical (unpaired) electrons. The van der Waals surface area contributed by atoms with Crippen LogP contribution in [0.3, 0.4) is 0 Å². The Labute approximate surface area is 142 Å². The van der Waals surface area contributed by atoms with Crippen molar-refractivity contribution >= 4 is 39.0 Å². The second kappa shape index (κ2) is 6.55. The summed E-state index contributed by atoms with van der Waals surface area (Å²) in [6.07, 6.45) is 5.20. The fraction of sp³-hybridized carbons (Fsp3) is 0.353. The maximum absolute atomic E-state index is 12.5. The molecule has 0 atom stereocenters. The molecule has 1 aromatic rings. The van der Waals surface area contributed by atoms with Gasteiger partial charge < -0.3 is 10.6 Å². The first kappa shape index (κ1) is 15.8. The van der Waals surface area contributed by atoms with Crippen molar-refractivity contribution in [2.45, 2.75) is 38.1 Å². The highest BCUT2D eigenvalue weighted by Gasteiger charge is 2.31. The Morgan fingerprint density at radius 2 is 2.04 bits per heavy atom. The average molecular weight is 374 g/mol. The number of benzene rings is 1. The van der Waals surface area contributed by atoms with Gasteiger partial charge in [0, 0.05) is 21.8 Å². The van der Waals surface area contributed by atoms with Gasteiger partial charge in [-0.15, -0.1) is 0 Å². The number of nitrogens with zero attached hydrogens (tertiary/aromatic N) is 1. The number of anilines is 1. The summed E-state index contributed by atoms with van der Waals surface area (Å²) in [5.41, 5.74) is 1.23. The molecular weight excluding hydrogens is 358 g/mol. The number of nitriles is 1. The highest BCUT2D eigenvalue weighted by molar-refractivity contribution is 9.10. The zero-order valence-electron chi connectivity index (χ0n) is 12.5. The number of hydrogen-bond acceptors (Lipinski definition) is 3. The summed E-state index contributed by atoms with van der Waals surface area (Å²) in [6, 6.07) is 7.30. The fourth-order valence-corrected chi connectivity index (χ4v) is 3.47. The summed E-state index contributed by atoms with van der Waals surface area (Å²) >= 11 is 3.35. The van der Waals surface area contributed by atoms with E-state index in [9.17, 15) is 14.9 Å². The molecule has 2 N–H and O–H groups in total. The number of carbonyl (C=O) groups excluding carboxylic acids is 2. The van der Waals surface area contributed by atoms with Crippen LogP contribution in [0.4, 0.5) is 5.69 Å². The Morgan fingerprint density at radius 3 is 2.74 bits per heavy atom. The third-order valence-electron chi connectivity index (χ3n) is 4.26. The predicted molar refractivity (Wildman–Crippen MR) is 90.3 cm³/mol. The van der Waals surface area contributed by atoms with Crippen LogP contribution in [0.15, 0.2) is 28.2 Å². The number of rotatable bonds is 2. The molecule has 0 spiro atoms. The summed E-state index contributed by atoms with van der Waals surface area (Å²) in [6.45, 7) is 0. The van der Waals surface area contributed by atoms with Crippen molar-refractivity contribution in [1.82, 2.24) is 5.32 Å². The third-order valence-corrected chi connectivity index (χ3v) is 4.75. The summed E-state index contributed by atoms with van der Waals surface area (Å²) in [7, 11) is 0. The molecule has 1 aromatic carbocycles. The highest BCUT2D eigenvalue weighted by atomic mass is 79.9. The first-order valence-electron chi connectivity index (χ1n) is 7.66. The van der Waals surface area contributed by atoms with Gasteiger partial charge in [0.25, 0.3) is 11.8 Å². The van der Waals surface area contributed by atoms with Crippen LogP contribution in [0, 0.1) is 11.3 Å². The highest BCUT2D eigenvalue weighted by Crippen LogP contribution is 2.35. The van der Waals surface area contributed by atoms with Crippen molar-refractivity contribution in [2.24, 2.45) is 0 Å². The van der Waals surface area contributed by atoms with E-state index in [1.807, 2.05) is 6.07 Å². The Hall–Kier alpha value is -2.13. The van der Waals surface area contributed by atoms with E-state index in [2.05, 4.69) is 26.6 Å². The lowest BCUT2D eigenvalue weighted by Gasteiger charge is -2.22. The van der Waals surface area contributed by atoms with Gasteiger partial charge in [-0.2, -0.15) is 5.26 Å². The molecule has 23 heavy (non-hydrogen) atoms. The van der Waals surface area contributed by atoms with E-state index in [1.54, 1.807) is 18.2 Å². The van der Waals surface area contributed by atoms with E-state index in [1.165, 1.54) is 6.42 Å². The van der Waals surface area contributed by atoms with Gasteiger partial charge in [0.15, 0.2) is 0 Å². The van der Waals surface area contributed by atoms with Crippen LogP contribution in [-0.4, -0.2) is 17.9 Å². The first-order valence-corrected chi connectivity index (χ1v) is 8.46. The lowest BCUT2D eigenvalue weighted by atomic mass is 9.94. The number of carbonyl (C=O) groups is 2. The van der Waals surface area contributed by atoms with Crippen molar-refractivity contribution in [1.29, 1.82) is 5.26 Å². The minimum Gasteiger partial charge on any atom is -0.349 e. The molecule has 1 saturated carbocycles. The van der Waals surface area contributed by atoms with E-state index in [4.69, 9.17) is 0 Å². The van der Waals surface area contributed by atoms with Crippen molar-refractivity contribution < 1.29 is 9.59 Å². The van der Waals surface area contributed by atoms with E-state index < -0.39 is 11.8 Å². The zero-order valence-corrected chi connectivity index (χ0v) is 14.1. The van der Waals surface area contributed by atoms with Crippen molar-refractivity contribution in [3.8, 4) is 6.07 Å². The van der Waals surface area contributed by atoms with E-state index >= 15 is 0 Å². The van der Waals surface area contributed by atoms with Gasteiger partial charge >= 0.3 is 0 Å². The molecule has 0 bridgehead atoms. The topological polar surface area (TPSA) is 82.0 Å². The van der Waals surface area contributed by atoms with Crippen LogP contribution in [0.2, 0.25) is 0 Å². The Bertz CT molecular complexity index is 743. The normalized spacial score (nSPS) is 19.6. The SMILES string of the molecule is N#C/C(C(=O)NC1CCCCC1)=C1/C(=O)Nc2ccc(Br)cc21. The standard InChI is InChI=1S/C17H16BrN3O2/c18-10-6-7-14-12(8-10)15(17(23)21-14)13(9-19)16(22)20-11-4-2-1-3-5-11/h6-8,11H,1-5H2,(H,20,22)(H,21,23)/b15-13-. The summed E-state index contributed by atoms with van der Waals surface area (Å²) in [4.78, 5) is 24.7. The van der Waals surface area contributed by atoms with E-state index in [0.717, 1.165) is 30.2 Å². The van der Waals surface area contributed by atoms with Crippen LogP contribution >= 0.6 is 15.9 Å². The molecule has 6 heteroatoms. The van der Waals surface area contributed by atoms with Crippen LogP contribution in [0.1, 0.15) is 37.7 Å². The van der Waals surface area contributed by atoms with Gasteiger partial charge in [-0.25, -0.2) is 0 Å². The molecule has 5 nitrogen and oxygen atoms in total. The monoisotopic (exact) mass is 373 g/mol. The molecule has 3 rings (SSSR count). The van der Waals surface area contributed by atoms with E-state index in [-0.39, 0.29) is 17.2 Å². The number of halogens is 1. The van der Waals surface area contributed by atoms with E-state index in [0.29, 0.717) is 11.3 Å². The molecular formula is C17H16BrN3O2. The second-order valence-electron chi connectivity index (χ2n) is 5.81. The number of hydrogen-bond donors (Lipinski definition) is 2. The largest absolute Gasteiger partial charge is 0.349 e. The van der Waals surface area contributed by atoms with Crippen LogP contribution in [0.25, 0.3) is 5.57 Å². The summed E-state index contributed by atoms with van der Waals surface area (Å²) in [5, 5.41) is 15.0. The molecule has 1 fully saturated rings. The minimum absolute atomic E-state index is 0.0895. The van der Waals surface area contributed by atoms with Crippen LogP contribution in [0.5, 0.6) is 0 Å². The second-order valence-corrected chi connectivity index (χ2v) is 6.73. The average Bonchev–Trinajstić information content (AvgIpc) is 2.85. The van der Waals surface area contributed by atoms with Crippen LogP contribution < -0.4 is 10.6 Å². The lowest BCUT2D eigenvalue weighted by Crippen LogP contribution is -2.37. The summed E-state index contributed by atoms with van der Waals surface area (Å²) < 4.78 is 0.787. The lowest BCUT2D eigenvalue weighted by molar-refractivity contribution is -0.118. The zero-order chi connectivity index (χ0) is 16.4. The van der Waals surface area contributed by atoms with Crippen LogP contribution in [-0.2, 0) is 9.59 Å². The van der Waals surface area contributed by atoms with Crippen molar-refractivity contribution in [3.63, 3.8) is 0 Å². The Morgan fingerprint density at radius 1 is 1.30 bits per heavy atom. The molecule has 0 aromatic heterocycles. The Kier molecular flexibility index (Phi) is 4.49. The maximum atomic E-state index is 12.5. The molecule has 118 valence electrons. The third kappa shape index (κ3) is 3.15. The van der Waals surface area contributed by atoms with Gasteiger partial charge in [0.05, 0.1) is 5.57 Å². The molecule has 2 aliphatic rings. The van der Waals surface area contributed by atoms with Gasteiger partial charge in [-0.1, -0.05) is 35.2 Å². The Balaban J connectivity index is 1.94. The molecule has 1 heterocycles. The van der Waals surface area contributed by atoms with Gasteiger partial charge in [0.1, 0.15) is 11.6 Å². The predicted octanol–water partition coefficient (Wildman–Crippen LogP) is 3.13. The number of amides is 2. The van der Waals surface area contributed by atoms with Crippen molar-refractivity contribution in [3.05, 3.63) is 33.8 Å². The van der Waals surface area contributed by atoms with Gasteiger partial charge in [-0.3, -0.25) is 9.59 Å². The quantitative estimate of drug-likeness (QED) is 0.617. The van der Waals surface area contributed by atoms with Gasteiger partial charge in [-0.05, 0) is 31.0 Å². The molecule has 1 aliphatic carbocycles. The molecule has 0 unspecified atom stereocenters. The first-order chi connectivity index (χ1) is 11.1. The number of fused-ring (bicyclic) bond motifs is 1.